The second-order valence-corrected chi connectivity index (χ2v) is 4.66. The Labute approximate surface area is 69.9 Å². The zero-order valence-corrected chi connectivity index (χ0v) is 7.89. The Bertz CT molecular complexity index is 195. The molecule has 0 aliphatic rings. The zero-order valence-electron chi connectivity index (χ0n) is 6.26. The fourth-order valence-electron chi connectivity index (χ4n) is 0.590. The lowest BCUT2D eigenvalue weighted by Gasteiger charge is -1.89. The van der Waals surface area contributed by atoms with Gasteiger partial charge in [0.15, 0.2) is 0 Å². The van der Waals surface area contributed by atoms with Gasteiger partial charge in [-0.2, -0.15) is 0 Å². The molecule has 0 saturated carbocycles. The molecular weight excluding hydrogens is 162 g/mol. The standard InChI is InChI=1S/C7H11NS2/c1-3-4-9-7-8-5-6(2)10-7/h5H,3-4H2,1-2H3. The molecule has 0 radical (unpaired) electrons. The highest BCUT2D eigenvalue weighted by molar-refractivity contribution is 8.01. The lowest BCUT2D eigenvalue weighted by atomic mass is 10.6. The molecule has 0 unspecified atom stereocenters. The van der Waals surface area contributed by atoms with Crippen LogP contribution in [0.2, 0.25) is 0 Å². The molecule has 0 aromatic carbocycles. The van der Waals surface area contributed by atoms with Gasteiger partial charge in [-0.15, -0.1) is 11.3 Å². The van der Waals surface area contributed by atoms with Gasteiger partial charge in [0.05, 0.1) is 0 Å². The summed E-state index contributed by atoms with van der Waals surface area (Å²) >= 11 is 3.63. The van der Waals surface area contributed by atoms with E-state index in [-0.39, 0.29) is 0 Å². The fraction of sp³-hybridized carbons (Fsp3) is 0.571. The topological polar surface area (TPSA) is 12.9 Å². The van der Waals surface area contributed by atoms with Crippen molar-refractivity contribution in [3.8, 4) is 0 Å². The van der Waals surface area contributed by atoms with Gasteiger partial charge < -0.3 is 0 Å². The van der Waals surface area contributed by atoms with E-state index in [1.807, 2.05) is 18.0 Å². The van der Waals surface area contributed by atoms with Crippen LogP contribution in [-0.2, 0) is 0 Å². The zero-order chi connectivity index (χ0) is 7.40. The molecule has 0 atom stereocenters. The molecule has 3 heteroatoms. The molecule has 1 aromatic rings. The minimum absolute atomic E-state index is 1.19. The van der Waals surface area contributed by atoms with E-state index in [0.717, 1.165) is 0 Å². The Balaban J connectivity index is 2.42. The van der Waals surface area contributed by atoms with Gasteiger partial charge in [-0.1, -0.05) is 18.7 Å². The SMILES string of the molecule is CCCSc1ncc(C)s1. The van der Waals surface area contributed by atoms with Gasteiger partial charge >= 0.3 is 0 Å². The fourth-order valence-corrected chi connectivity index (χ4v) is 2.46. The second-order valence-electron chi connectivity index (χ2n) is 2.09. The molecule has 56 valence electrons. The summed E-state index contributed by atoms with van der Waals surface area (Å²) in [6.45, 7) is 4.28. The Morgan fingerprint density at radius 1 is 1.70 bits per heavy atom. The summed E-state index contributed by atoms with van der Waals surface area (Å²) in [6, 6.07) is 0. The maximum absolute atomic E-state index is 4.23. The van der Waals surface area contributed by atoms with Crippen LogP contribution in [-0.4, -0.2) is 10.7 Å². The average molecular weight is 173 g/mol. The van der Waals surface area contributed by atoms with Crippen LogP contribution >= 0.6 is 23.1 Å². The summed E-state index contributed by atoms with van der Waals surface area (Å²) < 4.78 is 1.21. The van der Waals surface area contributed by atoms with Crippen LogP contribution in [0.3, 0.4) is 0 Å². The number of rotatable bonds is 3. The Kier molecular flexibility index (Phi) is 3.22. The van der Waals surface area contributed by atoms with Crippen LogP contribution in [0, 0.1) is 6.92 Å². The molecule has 10 heavy (non-hydrogen) atoms. The van der Waals surface area contributed by atoms with E-state index in [0.29, 0.717) is 0 Å². The van der Waals surface area contributed by atoms with Crippen molar-refractivity contribution in [3.05, 3.63) is 11.1 Å². The molecule has 0 spiro atoms. The summed E-state index contributed by atoms with van der Waals surface area (Å²) in [4.78, 5) is 5.54. The largest absolute Gasteiger partial charge is 0.238 e. The van der Waals surface area contributed by atoms with Crippen LogP contribution in [0.1, 0.15) is 18.2 Å². The highest BCUT2D eigenvalue weighted by atomic mass is 32.2. The number of nitrogens with zero attached hydrogens (tertiary/aromatic N) is 1. The van der Waals surface area contributed by atoms with Crippen molar-refractivity contribution in [1.29, 1.82) is 0 Å². The van der Waals surface area contributed by atoms with E-state index in [1.165, 1.54) is 21.4 Å². The first-order valence-corrected chi connectivity index (χ1v) is 5.18. The third-order valence-electron chi connectivity index (χ3n) is 1.03. The molecule has 0 N–H and O–H groups in total. The summed E-state index contributed by atoms with van der Waals surface area (Å²) in [5, 5.41) is 0. The summed E-state index contributed by atoms with van der Waals surface area (Å²) in [7, 11) is 0. The van der Waals surface area contributed by atoms with Gasteiger partial charge in [0.1, 0.15) is 4.34 Å². The number of aromatic nitrogens is 1. The average Bonchev–Trinajstić information content (AvgIpc) is 2.31. The molecule has 1 aromatic heterocycles. The molecule has 1 rings (SSSR count). The normalized spacial score (nSPS) is 10.2. The number of hydrogen-bond donors (Lipinski definition) is 0. The highest BCUT2D eigenvalue weighted by Gasteiger charge is 1.96. The van der Waals surface area contributed by atoms with E-state index in [1.54, 1.807) is 11.3 Å². The van der Waals surface area contributed by atoms with Crippen LogP contribution in [0.15, 0.2) is 10.5 Å². The van der Waals surface area contributed by atoms with Gasteiger partial charge in [-0.05, 0) is 13.3 Å². The first kappa shape index (κ1) is 8.08. The van der Waals surface area contributed by atoms with E-state index in [4.69, 9.17) is 0 Å². The third kappa shape index (κ3) is 2.31. The van der Waals surface area contributed by atoms with Gasteiger partial charge in [0.25, 0.3) is 0 Å². The Hall–Kier alpha value is -0.0200. The third-order valence-corrected chi connectivity index (χ3v) is 3.31. The summed E-state index contributed by atoms with van der Waals surface area (Å²) in [6.07, 6.45) is 3.16. The number of hydrogen-bond acceptors (Lipinski definition) is 3. The van der Waals surface area contributed by atoms with Crippen molar-refractivity contribution in [1.82, 2.24) is 4.98 Å². The molecule has 1 heterocycles. The second kappa shape index (κ2) is 3.98. The monoisotopic (exact) mass is 173 g/mol. The predicted octanol–water partition coefficient (Wildman–Crippen LogP) is 2.95. The van der Waals surface area contributed by atoms with E-state index in [2.05, 4.69) is 18.8 Å². The number of thioether (sulfide) groups is 1. The molecule has 0 aliphatic heterocycles. The molecular formula is C7H11NS2. The van der Waals surface area contributed by atoms with Crippen molar-refractivity contribution >= 4 is 23.1 Å². The Morgan fingerprint density at radius 2 is 2.50 bits per heavy atom. The van der Waals surface area contributed by atoms with Crippen molar-refractivity contribution < 1.29 is 0 Å². The molecule has 0 fully saturated rings. The highest BCUT2D eigenvalue weighted by Crippen LogP contribution is 2.23. The minimum Gasteiger partial charge on any atom is -0.238 e. The van der Waals surface area contributed by atoms with Crippen LogP contribution in [0.25, 0.3) is 0 Å². The lowest BCUT2D eigenvalue weighted by molar-refractivity contribution is 1.10. The molecule has 0 bridgehead atoms. The Morgan fingerprint density at radius 3 is 3.00 bits per heavy atom. The summed E-state index contributed by atoms with van der Waals surface area (Å²) in [5.41, 5.74) is 0. The molecule has 1 nitrogen and oxygen atoms in total. The summed E-state index contributed by atoms with van der Waals surface area (Å²) in [5.74, 6) is 1.19. The predicted molar refractivity (Wildman–Crippen MR) is 47.9 cm³/mol. The maximum Gasteiger partial charge on any atom is 0.150 e. The molecule has 0 aliphatic carbocycles. The molecule has 0 amide bonds. The number of aryl methyl sites for hydroxylation is 1. The van der Waals surface area contributed by atoms with Crippen molar-refractivity contribution in [2.24, 2.45) is 0 Å². The first-order chi connectivity index (χ1) is 4.83. The maximum atomic E-state index is 4.23. The van der Waals surface area contributed by atoms with Crippen molar-refractivity contribution in [2.45, 2.75) is 24.6 Å². The van der Waals surface area contributed by atoms with Crippen LogP contribution in [0.5, 0.6) is 0 Å². The van der Waals surface area contributed by atoms with Crippen LogP contribution in [0.4, 0.5) is 0 Å². The van der Waals surface area contributed by atoms with Gasteiger partial charge in [0.2, 0.25) is 0 Å². The minimum atomic E-state index is 1.19. The smallest absolute Gasteiger partial charge is 0.150 e. The van der Waals surface area contributed by atoms with Gasteiger partial charge in [-0.3, -0.25) is 0 Å². The van der Waals surface area contributed by atoms with Gasteiger partial charge in [0, 0.05) is 16.8 Å². The van der Waals surface area contributed by atoms with E-state index in [9.17, 15) is 0 Å². The number of thiazole rings is 1. The quantitative estimate of drug-likeness (QED) is 0.652. The van der Waals surface area contributed by atoms with Crippen LogP contribution < -0.4 is 0 Å². The first-order valence-electron chi connectivity index (χ1n) is 3.38. The van der Waals surface area contributed by atoms with Crippen molar-refractivity contribution in [2.75, 3.05) is 5.75 Å². The van der Waals surface area contributed by atoms with Crippen molar-refractivity contribution in [3.63, 3.8) is 0 Å². The van der Waals surface area contributed by atoms with E-state index < -0.39 is 0 Å². The van der Waals surface area contributed by atoms with Gasteiger partial charge in [-0.25, -0.2) is 4.98 Å². The molecule has 0 saturated heterocycles. The lowest BCUT2D eigenvalue weighted by Crippen LogP contribution is -1.71. The van der Waals surface area contributed by atoms with E-state index >= 15 is 0 Å².